The molecular weight excluding hydrogens is 325 g/mol. The number of benzene rings is 3. The number of hydrogen-bond donors (Lipinski definition) is 1. The average molecular weight is 343 g/mol. The van der Waals surface area contributed by atoms with Gasteiger partial charge in [0.1, 0.15) is 5.82 Å². The number of halogens is 1. The molecule has 1 amide bonds. The van der Waals surface area contributed by atoms with Crippen molar-refractivity contribution >= 4 is 11.6 Å². The zero-order chi connectivity index (χ0) is 17.7. The zero-order valence-electron chi connectivity index (χ0n) is 14.2. The van der Waals surface area contributed by atoms with Crippen molar-refractivity contribution in [2.24, 2.45) is 5.92 Å². The lowest BCUT2D eigenvalue weighted by atomic mass is 9.59. The van der Waals surface area contributed by atoms with E-state index < -0.39 is 0 Å². The highest BCUT2D eigenvalue weighted by atomic mass is 19.1. The maximum absolute atomic E-state index is 13.1. The van der Waals surface area contributed by atoms with Gasteiger partial charge < -0.3 is 5.32 Å². The van der Waals surface area contributed by atoms with Crippen LogP contribution in [0.15, 0.2) is 72.8 Å². The van der Waals surface area contributed by atoms with Crippen LogP contribution in [0, 0.1) is 11.7 Å². The molecule has 3 aromatic carbocycles. The van der Waals surface area contributed by atoms with Crippen molar-refractivity contribution < 1.29 is 9.18 Å². The van der Waals surface area contributed by atoms with Crippen LogP contribution in [0.1, 0.15) is 40.5 Å². The van der Waals surface area contributed by atoms with Gasteiger partial charge in [-0.25, -0.2) is 4.39 Å². The van der Waals surface area contributed by atoms with Crippen LogP contribution in [0.4, 0.5) is 10.1 Å². The first-order chi connectivity index (χ1) is 12.7. The number of rotatable bonds is 2. The van der Waals surface area contributed by atoms with E-state index in [1.54, 1.807) is 12.1 Å². The van der Waals surface area contributed by atoms with Gasteiger partial charge in [0.05, 0.1) is 5.92 Å². The summed E-state index contributed by atoms with van der Waals surface area (Å²) in [7, 11) is 0. The predicted molar refractivity (Wildman–Crippen MR) is 99.7 cm³/mol. The Morgan fingerprint density at radius 1 is 0.808 bits per heavy atom. The summed E-state index contributed by atoms with van der Waals surface area (Å²) in [6.07, 6.45) is 0.811. The van der Waals surface area contributed by atoms with E-state index in [-0.39, 0.29) is 29.5 Å². The van der Waals surface area contributed by atoms with Crippen LogP contribution in [0.5, 0.6) is 0 Å². The molecule has 0 aromatic heterocycles. The van der Waals surface area contributed by atoms with Gasteiger partial charge in [0.15, 0.2) is 0 Å². The van der Waals surface area contributed by atoms with Crippen LogP contribution in [0.2, 0.25) is 0 Å². The summed E-state index contributed by atoms with van der Waals surface area (Å²) >= 11 is 0. The summed E-state index contributed by atoms with van der Waals surface area (Å²) in [5.74, 6) is -0.0720. The first-order valence-corrected chi connectivity index (χ1v) is 8.96. The molecule has 2 nitrogen and oxygen atoms in total. The monoisotopic (exact) mass is 343 g/mol. The van der Waals surface area contributed by atoms with Gasteiger partial charge in [0.2, 0.25) is 5.91 Å². The Morgan fingerprint density at radius 3 is 1.92 bits per heavy atom. The number of anilines is 1. The minimum atomic E-state index is -0.303. The number of hydrogen-bond acceptors (Lipinski definition) is 1. The van der Waals surface area contributed by atoms with Crippen molar-refractivity contribution in [2.75, 3.05) is 5.32 Å². The molecule has 26 heavy (non-hydrogen) atoms. The second kappa shape index (κ2) is 5.80. The fraction of sp³-hybridized carbons (Fsp3) is 0.174. The van der Waals surface area contributed by atoms with Gasteiger partial charge in [0.25, 0.3) is 0 Å². The second-order valence-corrected chi connectivity index (χ2v) is 7.13. The van der Waals surface area contributed by atoms with E-state index in [1.165, 1.54) is 34.4 Å². The quantitative estimate of drug-likeness (QED) is 0.692. The lowest BCUT2D eigenvalue weighted by Crippen LogP contribution is -2.38. The van der Waals surface area contributed by atoms with E-state index in [2.05, 4.69) is 53.8 Å². The van der Waals surface area contributed by atoms with Gasteiger partial charge in [-0.3, -0.25) is 4.79 Å². The maximum Gasteiger partial charge on any atom is 0.228 e. The van der Waals surface area contributed by atoms with Crippen molar-refractivity contribution in [3.8, 4) is 0 Å². The van der Waals surface area contributed by atoms with Crippen LogP contribution < -0.4 is 5.32 Å². The van der Waals surface area contributed by atoms with Gasteiger partial charge in [-0.1, -0.05) is 48.5 Å². The van der Waals surface area contributed by atoms with Crippen LogP contribution >= 0.6 is 0 Å². The van der Waals surface area contributed by atoms with Gasteiger partial charge in [-0.15, -0.1) is 0 Å². The van der Waals surface area contributed by atoms with E-state index in [0.29, 0.717) is 5.69 Å². The highest BCUT2D eigenvalue weighted by Crippen LogP contribution is 2.55. The largest absolute Gasteiger partial charge is 0.326 e. The standard InChI is InChI=1S/C23H18FNO/c24-14-9-11-15(12-10-14)25-23(26)21-13-20-16-5-1-3-7-18(16)22(21)19-8-4-2-6-17(19)20/h1-12,20-22H,13H2,(H,25,26)/t20?,21-,22?/m1/s1. The molecule has 0 radical (unpaired) electrons. The van der Waals surface area contributed by atoms with Crippen LogP contribution in [0.3, 0.4) is 0 Å². The van der Waals surface area contributed by atoms with Crippen LogP contribution in [-0.4, -0.2) is 5.91 Å². The molecule has 2 bridgehead atoms. The molecule has 0 heterocycles. The fourth-order valence-corrected chi connectivity index (χ4v) is 4.66. The summed E-state index contributed by atoms with van der Waals surface area (Å²) in [6.45, 7) is 0. The van der Waals surface area contributed by atoms with Crippen LogP contribution in [-0.2, 0) is 4.79 Å². The van der Waals surface area contributed by atoms with Crippen LogP contribution in [0.25, 0.3) is 0 Å². The molecule has 0 saturated carbocycles. The Kier molecular flexibility index (Phi) is 3.42. The minimum Gasteiger partial charge on any atom is -0.326 e. The molecule has 0 saturated heterocycles. The van der Waals surface area contributed by atoms with Crippen molar-refractivity contribution in [1.29, 1.82) is 0 Å². The highest BCUT2D eigenvalue weighted by molar-refractivity contribution is 5.94. The molecule has 3 aromatic rings. The maximum atomic E-state index is 13.1. The van der Waals surface area contributed by atoms with Gasteiger partial charge in [-0.05, 0) is 52.9 Å². The van der Waals surface area contributed by atoms with E-state index >= 15 is 0 Å². The first-order valence-electron chi connectivity index (χ1n) is 8.96. The smallest absolute Gasteiger partial charge is 0.228 e. The van der Waals surface area contributed by atoms with Gasteiger partial charge >= 0.3 is 0 Å². The number of amides is 1. The lowest BCUT2D eigenvalue weighted by molar-refractivity contribution is -0.121. The van der Waals surface area contributed by atoms with Crippen molar-refractivity contribution in [2.45, 2.75) is 18.3 Å². The van der Waals surface area contributed by atoms with Gasteiger partial charge in [0, 0.05) is 17.5 Å². The Morgan fingerprint density at radius 2 is 1.35 bits per heavy atom. The molecule has 1 N–H and O–H groups in total. The molecule has 3 aliphatic carbocycles. The van der Waals surface area contributed by atoms with Crippen molar-refractivity contribution in [3.63, 3.8) is 0 Å². The molecule has 3 aliphatic rings. The van der Waals surface area contributed by atoms with E-state index in [9.17, 15) is 9.18 Å². The molecule has 0 fully saturated rings. The Hall–Kier alpha value is -2.94. The van der Waals surface area contributed by atoms with Crippen molar-refractivity contribution in [1.82, 2.24) is 0 Å². The Balaban J connectivity index is 1.54. The van der Waals surface area contributed by atoms with E-state index in [0.717, 1.165) is 6.42 Å². The Labute approximate surface area is 151 Å². The van der Waals surface area contributed by atoms with Gasteiger partial charge in [-0.2, -0.15) is 0 Å². The summed E-state index contributed by atoms with van der Waals surface area (Å²) in [4.78, 5) is 13.1. The third-order valence-corrected chi connectivity index (χ3v) is 5.75. The molecule has 0 spiro atoms. The molecular formula is C23H18FNO. The number of carbonyl (C=O) groups excluding carboxylic acids is 1. The van der Waals surface area contributed by atoms with E-state index in [4.69, 9.17) is 0 Å². The Bertz CT molecular complexity index is 948. The number of nitrogens with one attached hydrogen (secondary N) is 1. The molecule has 6 rings (SSSR count). The third kappa shape index (κ3) is 2.27. The SMILES string of the molecule is O=C(Nc1ccc(F)cc1)[C@@H]1CC2c3ccccc3C1c1ccccc12. The topological polar surface area (TPSA) is 29.1 Å². The molecule has 0 aliphatic heterocycles. The lowest BCUT2D eigenvalue weighted by Gasteiger charge is -2.44. The van der Waals surface area contributed by atoms with E-state index in [1.807, 2.05) is 0 Å². The summed E-state index contributed by atoms with van der Waals surface area (Å²) in [6, 6.07) is 22.9. The fourth-order valence-electron chi connectivity index (χ4n) is 4.66. The molecule has 3 heteroatoms. The second-order valence-electron chi connectivity index (χ2n) is 7.13. The summed E-state index contributed by atoms with van der Waals surface area (Å²) < 4.78 is 13.1. The molecule has 1 atom stereocenters. The average Bonchev–Trinajstić information content (AvgIpc) is 2.69. The first kappa shape index (κ1) is 15.3. The number of carbonyl (C=O) groups is 1. The zero-order valence-corrected chi connectivity index (χ0v) is 14.2. The molecule has 128 valence electrons. The number of fused-ring (bicyclic) bond motifs is 1. The summed E-state index contributed by atoms with van der Waals surface area (Å²) in [5, 5.41) is 2.98. The summed E-state index contributed by atoms with van der Waals surface area (Å²) in [5.41, 5.74) is 5.87. The van der Waals surface area contributed by atoms with Crippen molar-refractivity contribution in [3.05, 3.63) is 101 Å². The predicted octanol–water partition coefficient (Wildman–Crippen LogP) is 5.06. The molecule has 0 unspecified atom stereocenters. The minimum absolute atomic E-state index is 0.00983. The highest BCUT2D eigenvalue weighted by Gasteiger charge is 2.45. The third-order valence-electron chi connectivity index (χ3n) is 5.75. The normalized spacial score (nSPS) is 22.4.